The Kier molecular flexibility index (Phi) is 7.10. The monoisotopic (exact) mass is 347 g/mol. The first-order valence-corrected chi connectivity index (χ1v) is 8.83. The quantitative estimate of drug-likeness (QED) is 0.503. The minimum absolute atomic E-state index is 0.00478. The van der Waals surface area contributed by atoms with Crippen molar-refractivity contribution in [3.63, 3.8) is 0 Å². The van der Waals surface area contributed by atoms with Gasteiger partial charge in [0.2, 0.25) is 0 Å². The Labute approximate surface area is 150 Å². The maximum absolute atomic E-state index is 11.7. The predicted molar refractivity (Wildman–Crippen MR) is 98.9 cm³/mol. The Balaban J connectivity index is 2.04. The van der Waals surface area contributed by atoms with Crippen molar-refractivity contribution in [2.24, 2.45) is 10.9 Å². The van der Waals surface area contributed by atoms with Crippen molar-refractivity contribution in [3.05, 3.63) is 29.3 Å². The van der Waals surface area contributed by atoms with E-state index >= 15 is 0 Å². The molecule has 1 N–H and O–H groups in total. The van der Waals surface area contributed by atoms with E-state index in [1.807, 2.05) is 12.1 Å². The van der Waals surface area contributed by atoms with Gasteiger partial charge in [0, 0.05) is 19.6 Å². The number of hydrogen-bond donors (Lipinski definition) is 1. The standard InChI is InChI=1S/C19H29N3O3/c1-5-20-19(22-8-6-16(7-9-22)18(23)25-4)21-13-15-10-14(2)11-17(12-15)24-3/h10-12,16H,5-9,13H2,1-4H3,(H,20,21). The minimum Gasteiger partial charge on any atom is -0.497 e. The number of guanidine groups is 1. The number of carbonyl (C=O) groups excluding carboxylic acids is 1. The van der Waals surface area contributed by atoms with Crippen LogP contribution in [0.2, 0.25) is 0 Å². The summed E-state index contributed by atoms with van der Waals surface area (Å²) in [7, 11) is 3.13. The Bertz CT molecular complexity index is 608. The third-order valence-electron chi connectivity index (χ3n) is 4.42. The van der Waals surface area contributed by atoms with Gasteiger partial charge in [-0.25, -0.2) is 4.99 Å². The van der Waals surface area contributed by atoms with Crippen molar-refractivity contribution in [2.75, 3.05) is 33.9 Å². The first-order chi connectivity index (χ1) is 12.1. The first kappa shape index (κ1) is 19.1. The van der Waals surface area contributed by atoms with Crippen LogP contribution in [0, 0.1) is 12.8 Å². The van der Waals surface area contributed by atoms with Crippen molar-refractivity contribution >= 4 is 11.9 Å². The summed E-state index contributed by atoms with van der Waals surface area (Å²) in [6.07, 6.45) is 1.60. The predicted octanol–water partition coefficient (Wildman–Crippen LogP) is 2.35. The lowest BCUT2D eigenvalue weighted by molar-refractivity contribution is -0.146. The van der Waals surface area contributed by atoms with Crippen molar-refractivity contribution in [1.29, 1.82) is 0 Å². The minimum atomic E-state index is -0.103. The highest BCUT2D eigenvalue weighted by Crippen LogP contribution is 2.20. The fourth-order valence-corrected chi connectivity index (χ4v) is 3.12. The smallest absolute Gasteiger partial charge is 0.308 e. The Morgan fingerprint density at radius 1 is 1.28 bits per heavy atom. The normalized spacial score (nSPS) is 15.8. The van der Waals surface area contributed by atoms with E-state index in [9.17, 15) is 4.79 Å². The number of benzene rings is 1. The van der Waals surface area contributed by atoms with Gasteiger partial charge < -0.3 is 19.7 Å². The Hall–Kier alpha value is -2.24. The number of likely N-dealkylation sites (tertiary alicyclic amines) is 1. The summed E-state index contributed by atoms with van der Waals surface area (Å²) >= 11 is 0. The number of aliphatic imine (C=N–C) groups is 1. The van der Waals surface area contributed by atoms with Crippen LogP contribution in [0.1, 0.15) is 30.9 Å². The van der Waals surface area contributed by atoms with Gasteiger partial charge in [-0.3, -0.25) is 4.79 Å². The van der Waals surface area contributed by atoms with Crippen molar-refractivity contribution < 1.29 is 14.3 Å². The third-order valence-corrected chi connectivity index (χ3v) is 4.42. The van der Waals surface area contributed by atoms with Gasteiger partial charge in [0.25, 0.3) is 0 Å². The van der Waals surface area contributed by atoms with Crippen LogP contribution in [0.3, 0.4) is 0 Å². The van der Waals surface area contributed by atoms with Crippen molar-refractivity contribution in [3.8, 4) is 5.75 Å². The number of nitrogens with one attached hydrogen (secondary N) is 1. The molecule has 6 nitrogen and oxygen atoms in total. The van der Waals surface area contributed by atoms with Crippen LogP contribution in [0.5, 0.6) is 5.75 Å². The summed E-state index contributed by atoms with van der Waals surface area (Å²) in [5.74, 6) is 1.65. The Morgan fingerprint density at radius 2 is 2.00 bits per heavy atom. The molecule has 1 aromatic rings. The fraction of sp³-hybridized carbons (Fsp3) is 0.579. The molecule has 1 saturated heterocycles. The summed E-state index contributed by atoms with van der Waals surface area (Å²) in [6, 6.07) is 6.15. The zero-order valence-corrected chi connectivity index (χ0v) is 15.7. The number of piperidine rings is 1. The molecule has 1 fully saturated rings. The lowest BCUT2D eigenvalue weighted by Gasteiger charge is -2.33. The van der Waals surface area contributed by atoms with E-state index in [0.717, 1.165) is 55.3 Å². The van der Waals surface area contributed by atoms with E-state index in [4.69, 9.17) is 14.5 Å². The molecule has 138 valence electrons. The molecule has 2 rings (SSSR count). The third kappa shape index (κ3) is 5.37. The van der Waals surface area contributed by atoms with Crippen LogP contribution in [0.15, 0.2) is 23.2 Å². The molecule has 0 saturated carbocycles. The van der Waals surface area contributed by atoms with Crippen LogP contribution in [-0.4, -0.2) is 50.7 Å². The van der Waals surface area contributed by atoms with Crippen LogP contribution in [-0.2, 0) is 16.1 Å². The molecule has 0 spiro atoms. The molecular formula is C19H29N3O3. The lowest BCUT2D eigenvalue weighted by Crippen LogP contribution is -2.46. The second-order valence-corrected chi connectivity index (χ2v) is 6.31. The number of carbonyl (C=O) groups is 1. The summed E-state index contributed by atoms with van der Waals surface area (Å²) in [6.45, 7) is 7.14. The molecule has 0 aromatic heterocycles. The number of ether oxygens (including phenoxy) is 2. The summed E-state index contributed by atoms with van der Waals surface area (Å²) in [4.78, 5) is 18.7. The average Bonchev–Trinajstić information content (AvgIpc) is 2.64. The SMILES string of the molecule is CCNC(=NCc1cc(C)cc(OC)c1)N1CCC(C(=O)OC)CC1. The molecule has 0 atom stereocenters. The highest BCUT2D eigenvalue weighted by atomic mass is 16.5. The molecule has 0 unspecified atom stereocenters. The first-order valence-electron chi connectivity index (χ1n) is 8.83. The van der Waals surface area contributed by atoms with E-state index in [1.165, 1.54) is 7.11 Å². The molecule has 25 heavy (non-hydrogen) atoms. The molecule has 1 aliphatic rings. The van der Waals surface area contributed by atoms with E-state index < -0.39 is 0 Å². The Morgan fingerprint density at radius 3 is 2.60 bits per heavy atom. The summed E-state index contributed by atoms with van der Waals surface area (Å²) in [5, 5.41) is 3.35. The lowest BCUT2D eigenvalue weighted by atomic mass is 9.97. The van der Waals surface area contributed by atoms with Crippen LogP contribution in [0.4, 0.5) is 0 Å². The van der Waals surface area contributed by atoms with Gasteiger partial charge in [0.1, 0.15) is 5.75 Å². The van der Waals surface area contributed by atoms with Gasteiger partial charge in [-0.05, 0) is 49.9 Å². The molecule has 1 aliphatic heterocycles. The van der Waals surface area contributed by atoms with Gasteiger partial charge in [-0.15, -0.1) is 0 Å². The van der Waals surface area contributed by atoms with E-state index in [2.05, 4.69) is 30.1 Å². The number of rotatable bonds is 5. The number of methoxy groups -OCH3 is 2. The maximum atomic E-state index is 11.7. The number of aryl methyl sites for hydroxylation is 1. The van der Waals surface area contributed by atoms with Crippen molar-refractivity contribution in [1.82, 2.24) is 10.2 Å². The zero-order chi connectivity index (χ0) is 18.2. The molecule has 1 aromatic carbocycles. The number of hydrogen-bond acceptors (Lipinski definition) is 4. The summed E-state index contributed by atoms with van der Waals surface area (Å²) < 4.78 is 10.2. The molecule has 0 aliphatic carbocycles. The van der Waals surface area contributed by atoms with Crippen molar-refractivity contribution in [2.45, 2.75) is 33.2 Å². The highest BCUT2D eigenvalue weighted by Gasteiger charge is 2.26. The van der Waals surface area contributed by atoms with Gasteiger partial charge >= 0.3 is 5.97 Å². The van der Waals surface area contributed by atoms with E-state index in [0.29, 0.717) is 6.54 Å². The number of nitrogens with zero attached hydrogens (tertiary/aromatic N) is 2. The van der Waals surface area contributed by atoms with Gasteiger partial charge in [0.15, 0.2) is 5.96 Å². The molecule has 0 radical (unpaired) electrons. The number of esters is 1. The molecule has 0 bridgehead atoms. The topological polar surface area (TPSA) is 63.2 Å². The van der Waals surface area contributed by atoms with Crippen LogP contribution < -0.4 is 10.1 Å². The van der Waals surface area contributed by atoms with E-state index in [-0.39, 0.29) is 11.9 Å². The average molecular weight is 347 g/mol. The second-order valence-electron chi connectivity index (χ2n) is 6.31. The largest absolute Gasteiger partial charge is 0.497 e. The second kappa shape index (κ2) is 9.30. The molecular weight excluding hydrogens is 318 g/mol. The van der Waals surface area contributed by atoms with Gasteiger partial charge in [-0.2, -0.15) is 0 Å². The fourth-order valence-electron chi connectivity index (χ4n) is 3.12. The maximum Gasteiger partial charge on any atom is 0.308 e. The molecule has 6 heteroatoms. The molecule has 1 heterocycles. The zero-order valence-electron chi connectivity index (χ0n) is 15.7. The highest BCUT2D eigenvalue weighted by molar-refractivity contribution is 5.80. The van der Waals surface area contributed by atoms with Crippen LogP contribution in [0.25, 0.3) is 0 Å². The van der Waals surface area contributed by atoms with E-state index in [1.54, 1.807) is 7.11 Å². The summed E-state index contributed by atoms with van der Waals surface area (Å²) in [5.41, 5.74) is 2.28. The van der Waals surface area contributed by atoms with Crippen LogP contribution >= 0.6 is 0 Å². The van der Waals surface area contributed by atoms with Gasteiger partial charge in [0.05, 0.1) is 26.7 Å². The molecule has 0 amide bonds. The van der Waals surface area contributed by atoms with Gasteiger partial charge in [-0.1, -0.05) is 6.07 Å².